The molecule has 0 aliphatic heterocycles. The lowest BCUT2D eigenvalue weighted by Crippen LogP contribution is -2.04. The Balaban J connectivity index is 2.28. The van der Waals surface area contributed by atoms with Crippen LogP contribution in [0.5, 0.6) is 0 Å². The number of aromatic nitrogens is 2. The second-order valence-corrected chi connectivity index (χ2v) is 4.52. The Hall–Kier alpha value is -1.20. The molecule has 0 amide bonds. The van der Waals surface area contributed by atoms with Gasteiger partial charge in [0.1, 0.15) is 0 Å². The first kappa shape index (κ1) is 10.3. The van der Waals surface area contributed by atoms with Crippen LogP contribution < -0.4 is 5.73 Å². The number of thiophene rings is 1. The van der Waals surface area contributed by atoms with Gasteiger partial charge < -0.3 is 10.2 Å². The molecular formula is C10H13N3OS. The highest BCUT2D eigenvalue weighted by Crippen LogP contribution is 2.27. The first-order chi connectivity index (χ1) is 7.20. The van der Waals surface area contributed by atoms with Crippen molar-refractivity contribution in [1.82, 2.24) is 10.2 Å². The van der Waals surface area contributed by atoms with Gasteiger partial charge in [0.25, 0.3) is 5.89 Å². The van der Waals surface area contributed by atoms with E-state index >= 15 is 0 Å². The third-order valence-corrected chi connectivity index (χ3v) is 3.27. The quantitative estimate of drug-likeness (QED) is 0.867. The van der Waals surface area contributed by atoms with E-state index in [9.17, 15) is 0 Å². The molecule has 1 atom stereocenters. The van der Waals surface area contributed by atoms with Crippen LogP contribution in [0.4, 0.5) is 0 Å². The zero-order chi connectivity index (χ0) is 10.8. The molecule has 0 aliphatic rings. The van der Waals surface area contributed by atoms with Gasteiger partial charge in [0.05, 0.1) is 10.9 Å². The van der Waals surface area contributed by atoms with Crippen molar-refractivity contribution in [2.24, 2.45) is 5.73 Å². The molecule has 5 heteroatoms. The van der Waals surface area contributed by atoms with Gasteiger partial charge >= 0.3 is 0 Å². The molecule has 2 heterocycles. The van der Waals surface area contributed by atoms with Gasteiger partial charge in [-0.3, -0.25) is 0 Å². The van der Waals surface area contributed by atoms with E-state index in [-0.39, 0.29) is 6.04 Å². The Morgan fingerprint density at radius 3 is 2.80 bits per heavy atom. The first-order valence-corrected chi connectivity index (χ1v) is 5.70. The number of nitrogens with two attached hydrogens (primary N) is 1. The fourth-order valence-electron chi connectivity index (χ4n) is 1.20. The van der Waals surface area contributed by atoms with E-state index in [2.05, 4.69) is 23.2 Å². The summed E-state index contributed by atoms with van der Waals surface area (Å²) in [6.45, 7) is 3.94. The highest BCUT2D eigenvalue weighted by Gasteiger charge is 2.12. The van der Waals surface area contributed by atoms with Gasteiger partial charge in [0.2, 0.25) is 5.89 Å². The summed E-state index contributed by atoms with van der Waals surface area (Å²) in [7, 11) is 0. The van der Waals surface area contributed by atoms with Crippen molar-refractivity contribution in [3.63, 3.8) is 0 Å². The zero-order valence-corrected chi connectivity index (χ0v) is 9.54. The van der Waals surface area contributed by atoms with Gasteiger partial charge in [0, 0.05) is 4.88 Å². The molecule has 4 nitrogen and oxygen atoms in total. The minimum absolute atomic E-state index is 0.211. The summed E-state index contributed by atoms with van der Waals surface area (Å²) in [6, 6.07) is 3.87. The molecule has 1 unspecified atom stereocenters. The molecule has 2 N–H and O–H groups in total. The second-order valence-electron chi connectivity index (χ2n) is 3.35. The van der Waals surface area contributed by atoms with E-state index in [0.717, 1.165) is 11.3 Å². The summed E-state index contributed by atoms with van der Waals surface area (Å²) in [5.74, 6) is 1.04. The topological polar surface area (TPSA) is 64.9 Å². The number of hydrogen-bond acceptors (Lipinski definition) is 5. The number of hydrogen-bond donors (Lipinski definition) is 1. The SMILES string of the molecule is CCc1ccc(-c2nnc(C(C)N)o2)s1. The van der Waals surface area contributed by atoms with Crippen LogP contribution in [0.1, 0.15) is 30.7 Å². The summed E-state index contributed by atoms with van der Waals surface area (Å²) in [5.41, 5.74) is 5.64. The third kappa shape index (κ3) is 2.08. The van der Waals surface area contributed by atoms with Crippen molar-refractivity contribution in [3.05, 3.63) is 22.9 Å². The number of rotatable bonds is 3. The minimum Gasteiger partial charge on any atom is -0.418 e. The highest BCUT2D eigenvalue weighted by molar-refractivity contribution is 7.15. The van der Waals surface area contributed by atoms with Crippen molar-refractivity contribution in [2.45, 2.75) is 26.3 Å². The van der Waals surface area contributed by atoms with E-state index in [1.54, 1.807) is 11.3 Å². The summed E-state index contributed by atoms with van der Waals surface area (Å²) in [5, 5.41) is 7.86. The molecule has 0 bridgehead atoms. The number of nitrogens with zero attached hydrogens (tertiary/aromatic N) is 2. The third-order valence-electron chi connectivity index (χ3n) is 2.05. The van der Waals surface area contributed by atoms with Crippen LogP contribution in [0.25, 0.3) is 10.8 Å². The second kappa shape index (κ2) is 4.12. The van der Waals surface area contributed by atoms with Gasteiger partial charge in [-0.25, -0.2) is 0 Å². The average Bonchev–Trinajstić information content (AvgIpc) is 2.86. The molecule has 0 saturated carbocycles. The fourth-order valence-corrected chi connectivity index (χ4v) is 2.07. The highest BCUT2D eigenvalue weighted by atomic mass is 32.1. The molecule has 0 saturated heterocycles. The lowest BCUT2D eigenvalue weighted by Gasteiger charge is -1.94. The lowest BCUT2D eigenvalue weighted by atomic mass is 10.3. The van der Waals surface area contributed by atoms with Crippen LogP contribution in [-0.2, 0) is 6.42 Å². The molecule has 80 valence electrons. The maximum absolute atomic E-state index is 5.64. The Morgan fingerprint density at radius 2 is 2.27 bits per heavy atom. The van der Waals surface area contributed by atoms with Crippen LogP contribution in [0, 0.1) is 0 Å². The summed E-state index contributed by atoms with van der Waals surface area (Å²) >= 11 is 1.67. The molecule has 0 radical (unpaired) electrons. The Kier molecular flexibility index (Phi) is 2.83. The van der Waals surface area contributed by atoms with Crippen LogP contribution in [0.2, 0.25) is 0 Å². The van der Waals surface area contributed by atoms with Crippen LogP contribution in [-0.4, -0.2) is 10.2 Å². The van der Waals surface area contributed by atoms with Gasteiger partial charge in [-0.2, -0.15) is 0 Å². The number of aryl methyl sites for hydroxylation is 1. The standard InChI is InChI=1S/C10H13N3OS/c1-3-7-4-5-8(15-7)10-13-12-9(14-10)6(2)11/h4-6H,3,11H2,1-2H3. The van der Waals surface area contributed by atoms with Gasteiger partial charge in [-0.15, -0.1) is 21.5 Å². The van der Waals surface area contributed by atoms with Crippen LogP contribution >= 0.6 is 11.3 Å². The van der Waals surface area contributed by atoms with Crippen molar-refractivity contribution >= 4 is 11.3 Å². The van der Waals surface area contributed by atoms with Gasteiger partial charge in [-0.05, 0) is 25.5 Å². The van der Waals surface area contributed by atoms with Gasteiger partial charge in [-0.1, -0.05) is 6.92 Å². The monoisotopic (exact) mass is 223 g/mol. The van der Waals surface area contributed by atoms with E-state index in [1.165, 1.54) is 4.88 Å². The molecule has 15 heavy (non-hydrogen) atoms. The van der Waals surface area contributed by atoms with Crippen LogP contribution in [0.3, 0.4) is 0 Å². The smallest absolute Gasteiger partial charge is 0.257 e. The zero-order valence-electron chi connectivity index (χ0n) is 8.73. The largest absolute Gasteiger partial charge is 0.418 e. The summed E-state index contributed by atoms with van der Waals surface area (Å²) in [6.07, 6.45) is 1.03. The molecule has 2 rings (SSSR count). The maximum Gasteiger partial charge on any atom is 0.257 e. The normalized spacial score (nSPS) is 13.0. The predicted molar refractivity (Wildman–Crippen MR) is 59.6 cm³/mol. The molecule has 0 aliphatic carbocycles. The molecule has 0 fully saturated rings. The summed E-state index contributed by atoms with van der Waals surface area (Å²) in [4.78, 5) is 2.32. The lowest BCUT2D eigenvalue weighted by molar-refractivity contribution is 0.474. The van der Waals surface area contributed by atoms with Crippen molar-refractivity contribution in [2.75, 3.05) is 0 Å². The predicted octanol–water partition coefficient (Wildman–Crippen LogP) is 2.38. The average molecular weight is 223 g/mol. The van der Waals surface area contributed by atoms with Crippen molar-refractivity contribution in [3.8, 4) is 10.8 Å². The van der Waals surface area contributed by atoms with Crippen LogP contribution in [0.15, 0.2) is 16.5 Å². The first-order valence-electron chi connectivity index (χ1n) is 4.88. The van der Waals surface area contributed by atoms with E-state index in [1.807, 2.05) is 13.0 Å². The van der Waals surface area contributed by atoms with Crippen molar-refractivity contribution in [1.29, 1.82) is 0 Å². The minimum atomic E-state index is -0.211. The molecule has 2 aromatic rings. The Morgan fingerprint density at radius 1 is 1.47 bits per heavy atom. The fraction of sp³-hybridized carbons (Fsp3) is 0.400. The maximum atomic E-state index is 5.64. The van der Waals surface area contributed by atoms with E-state index in [0.29, 0.717) is 11.8 Å². The van der Waals surface area contributed by atoms with Crippen molar-refractivity contribution < 1.29 is 4.42 Å². The Labute approximate surface area is 92.1 Å². The Bertz CT molecular complexity index is 447. The van der Waals surface area contributed by atoms with E-state index < -0.39 is 0 Å². The molecule has 0 spiro atoms. The molecule has 2 aromatic heterocycles. The van der Waals surface area contributed by atoms with Gasteiger partial charge in [0.15, 0.2) is 0 Å². The molecular weight excluding hydrogens is 210 g/mol. The van der Waals surface area contributed by atoms with E-state index in [4.69, 9.17) is 10.2 Å². The summed E-state index contributed by atoms with van der Waals surface area (Å²) < 4.78 is 5.45. The molecule has 0 aromatic carbocycles.